The number of rotatable bonds is 6. The van der Waals surface area contributed by atoms with E-state index in [0.29, 0.717) is 6.42 Å². The zero-order valence-corrected chi connectivity index (χ0v) is 10.0. The summed E-state index contributed by atoms with van der Waals surface area (Å²) in [7, 11) is 0. The van der Waals surface area contributed by atoms with E-state index >= 15 is 0 Å². The molecule has 0 amide bonds. The van der Waals surface area contributed by atoms with Crippen LogP contribution < -0.4 is 17.1 Å². The molecule has 0 bridgehead atoms. The molecule has 8 nitrogen and oxygen atoms in total. The molecule has 100 valence electrons. The van der Waals surface area contributed by atoms with E-state index < -0.39 is 23.0 Å². The monoisotopic (exact) mass is 257 g/mol. The van der Waals surface area contributed by atoms with Crippen LogP contribution in [0.2, 0.25) is 0 Å². The molecule has 1 aromatic heterocycles. The van der Waals surface area contributed by atoms with Crippen molar-refractivity contribution in [1.82, 2.24) is 14.1 Å². The molecule has 0 atom stereocenters. The fraction of sp³-hybridized carbons (Fsp3) is 0.600. The van der Waals surface area contributed by atoms with Gasteiger partial charge < -0.3 is 5.11 Å². The Balaban J connectivity index is 3.18. The highest BCUT2D eigenvalue weighted by Gasteiger charge is 2.10. The molecular weight excluding hydrogens is 242 g/mol. The van der Waals surface area contributed by atoms with Gasteiger partial charge in [0.05, 0.1) is 6.42 Å². The second-order valence-corrected chi connectivity index (χ2v) is 3.82. The summed E-state index contributed by atoms with van der Waals surface area (Å²) in [5, 5.41) is 8.53. The van der Waals surface area contributed by atoms with Crippen molar-refractivity contribution in [2.24, 2.45) is 0 Å². The van der Waals surface area contributed by atoms with E-state index in [1.165, 1.54) is 0 Å². The number of hydrogen-bond acceptors (Lipinski definition) is 4. The van der Waals surface area contributed by atoms with Gasteiger partial charge in [-0.1, -0.05) is 13.3 Å². The van der Waals surface area contributed by atoms with Crippen LogP contribution in [0.25, 0.3) is 0 Å². The predicted octanol–water partition coefficient (Wildman–Crippen LogP) is -1.03. The fourth-order valence-corrected chi connectivity index (χ4v) is 1.46. The highest BCUT2D eigenvalue weighted by molar-refractivity contribution is 5.66. The number of aliphatic carboxylic acids is 1. The van der Waals surface area contributed by atoms with Gasteiger partial charge in [0, 0.05) is 13.1 Å². The number of hydrogen-bond donors (Lipinski definition) is 2. The van der Waals surface area contributed by atoms with Gasteiger partial charge in [0.25, 0.3) is 0 Å². The lowest BCUT2D eigenvalue weighted by molar-refractivity contribution is -0.137. The average molecular weight is 257 g/mol. The lowest BCUT2D eigenvalue weighted by Gasteiger charge is -2.07. The summed E-state index contributed by atoms with van der Waals surface area (Å²) < 4.78 is 1.64. The van der Waals surface area contributed by atoms with Crippen LogP contribution in [0, 0.1) is 0 Å². The minimum absolute atomic E-state index is 0.206. The third kappa shape index (κ3) is 3.19. The molecule has 18 heavy (non-hydrogen) atoms. The van der Waals surface area contributed by atoms with Crippen molar-refractivity contribution in [3.63, 3.8) is 0 Å². The molecule has 0 saturated heterocycles. The number of aromatic nitrogens is 3. The summed E-state index contributed by atoms with van der Waals surface area (Å²) in [4.78, 5) is 47.1. The Kier molecular flexibility index (Phi) is 4.64. The van der Waals surface area contributed by atoms with E-state index in [1.54, 1.807) is 0 Å². The van der Waals surface area contributed by atoms with E-state index in [1.807, 2.05) is 11.9 Å². The van der Waals surface area contributed by atoms with E-state index in [-0.39, 0.29) is 19.5 Å². The van der Waals surface area contributed by atoms with Crippen molar-refractivity contribution < 1.29 is 9.90 Å². The van der Waals surface area contributed by atoms with Crippen LogP contribution in [0.15, 0.2) is 14.4 Å². The molecule has 1 rings (SSSR count). The Hall–Kier alpha value is -2.12. The summed E-state index contributed by atoms with van der Waals surface area (Å²) in [6.45, 7) is 1.85. The summed E-state index contributed by atoms with van der Waals surface area (Å²) in [6, 6.07) is 0. The molecule has 0 fully saturated rings. The Morgan fingerprint density at radius 3 is 2.22 bits per heavy atom. The quantitative estimate of drug-likeness (QED) is 0.676. The van der Waals surface area contributed by atoms with Gasteiger partial charge in [0.1, 0.15) is 0 Å². The number of carbonyl (C=O) groups is 1. The highest BCUT2D eigenvalue weighted by atomic mass is 16.4. The smallest absolute Gasteiger partial charge is 0.336 e. The molecule has 0 aliphatic carbocycles. The topological polar surface area (TPSA) is 114 Å². The first-order chi connectivity index (χ1) is 8.47. The number of unbranched alkanes of at least 4 members (excludes halogenated alkanes) is 1. The molecular formula is C10H15N3O5. The first-order valence-corrected chi connectivity index (χ1v) is 5.63. The van der Waals surface area contributed by atoms with E-state index in [9.17, 15) is 19.2 Å². The summed E-state index contributed by atoms with van der Waals surface area (Å²) in [5.74, 6) is -1.12. The second kappa shape index (κ2) is 5.99. The minimum atomic E-state index is -1.12. The lowest BCUT2D eigenvalue weighted by Crippen LogP contribution is -2.49. The highest BCUT2D eigenvalue weighted by Crippen LogP contribution is 1.87. The number of aromatic amines is 1. The van der Waals surface area contributed by atoms with Crippen LogP contribution in [0.3, 0.4) is 0 Å². The van der Waals surface area contributed by atoms with Crippen LogP contribution in [0.4, 0.5) is 0 Å². The maximum Gasteiger partial charge on any atom is 0.336 e. The van der Waals surface area contributed by atoms with Gasteiger partial charge in [0.15, 0.2) is 0 Å². The third-order valence-corrected chi connectivity index (χ3v) is 2.45. The molecule has 0 aliphatic heterocycles. The first kappa shape index (κ1) is 13.9. The van der Waals surface area contributed by atoms with Gasteiger partial charge in [0.2, 0.25) is 0 Å². The zero-order chi connectivity index (χ0) is 13.7. The Bertz CT molecular complexity index is 595. The van der Waals surface area contributed by atoms with Crippen LogP contribution in [-0.4, -0.2) is 25.2 Å². The molecule has 0 saturated carbocycles. The van der Waals surface area contributed by atoms with Crippen LogP contribution in [0.5, 0.6) is 0 Å². The third-order valence-electron chi connectivity index (χ3n) is 2.45. The zero-order valence-electron chi connectivity index (χ0n) is 10.0. The average Bonchev–Trinajstić information content (AvgIpc) is 2.27. The number of carboxylic acids is 1. The molecule has 0 unspecified atom stereocenters. The van der Waals surface area contributed by atoms with Crippen molar-refractivity contribution in [1.29, 1.82) is 0 Å². The minimum Gasteiger partial charge on any atom is -0.481 e. The molecule has 2 N–H and O–H groups in total. The number of H-pyrrole nitrogens is 1. The van der Waals surface area contributed by atoms with Gasteiger partial charge in [-0.3, -0.25) is 9.78 Å². The number of carboxylic acid groups (broad SMARTS) is 1. The number of nitrogens with one attached hydrogen (secondary N) is 1. The Morgan fingerprint density at radius 2 is 1.72 bits per heavy atom. The maximum absolute atomic E-state index is 11.8. The van der Waals surface area contributed by atoms with Gasteiger partial charge in [-0.15, -0.1) is 0 Å². The lowest BCUT2D eigenvalue weighted by atomic mass is 10.3. The Morgan fingerprint density at radius 1 is 1.17 bits per heavy atom. The van der Waals surface area contributed by atoms with Crippen molar-refractivity contribution >= 4 is 5.97 Å². The van der Waals surface area contributed by atoms with E-state index in [2.05, 4.69) is 0 Å². The normalized spacial score (nSPS) is 10.5. The SMILES string of the molecule is CCCCn1c(=O)[nH]c(=O)n(CCC(=O)O)c1=O. The van der Waals surface area contributed by atoms with Crippen molar-refractivity contribution in [3.05, 3.63) is 31.5 Å². The molecule has 1 aromatic rings. The summed E-state index contributed by atoms with van der Waals surface area (Å²) in [6.07, 6.45) is 1.06. The number of nitrogens with zero attached hydrogens (tertiary/aromatic N) is 2. The molecule has 8 heteroatoms. The molecule has 0 spiro atoms. The molecule has 0 radical (unpaired) electrons. The molecule has 0 aliphatic rings. The largest absolute Gasteiger partial charge is 0.481 e. The van der Waals surface area contributed by atoms with Crippen molar-refractivity contribution in [2.75, 3.05) is 0 Å². The van der Waals surface area contributed by atoms with Gasteiger partial charge >= 0.3 is 23.0 Å². The van der Waals surface area contributed by atoms with E-state index in [0.717, 1.165) is 15.6 Å². The molecule has 1 heterocycles. The second-order valence-electron chi connectivity index (χ2n) is 3.82. The van der Waals surface area contributed by atoms with Crippen molar-refractivity contribution in [3.8, 4) is 0 Å². The van der Waals surface area contributed by atoms with Crippen LogP contribution in [-0.2, 0) is 17.9 Å². The van der Waals surface area contributed by atoms with Gasteiger partial charge in [-0.25, -0.2) is 23.5 Å². The predicted molar refractivity (Wildman–Crippen MR) is 62.7 cm³/mol. The fourth-order valence-electron chi connectivity index (χ4n) is 1.46. The standard InChI is InChI=1S/C10H15N3O5/c1-2-3-5-12-8(16)11-9(17)13(10(12)18)6-4-7(14)15/h2-6H2,1H3,(H,14,15)(H,11,16,17). The van der Waals surface area contributed by atoms with Gasteiger partial charge in [-0.2, -0.15) is 0 Å². The van der Waals surface area contributed by atoms with Gasteiger partial charge in [-0.05, 0) is 6.42 Å². The first-order valence-electron chi connectivity index (χ1n) is 5.63. The van der Waals surface area contributed by atoms with Crippen molar-refractivity contribution in [2.45, 2.75) is 39.3 Å². The van der Waals surface area contributed by atoms with Crippen LogP contribution >= 0.6 is 0 Å². The molecule has 0 aromatic carbocycles. The van der Waals surface area contributed by atoms with E-state index in [4.69, 9.17) is 5.11 Å². The van der Waals surface area contributed by atoms with Crippen LogP contribution in [0.1, 0.15) is 26.2 Å². The maximum atomic E-state index is 11.8. The summed E-state index contributed by atoms with van der Waals surface area (Å²) in [5.41, 5.74) is -2.40. The Labute approximate surface area is 102 Å². The summed E-state index contributed by atoms with van der Waals surface area (Å²) >= 11 is 0.